The number of amides is 1. The van der Waals surface area contributed by atoms with E-state index in [1.165, 1.54) is 11.1 Å². The van der Waals surface area contributed by atoms with E-state index < -0.39 is 11.1 Å². The lowest BCUT2D eigenvalue weighted by molar-refractivity contribution is -0.127. The van der Waals surface area contributed by atoms with Gasteiger partial charge in [-0.2, -0.15) is 4.80 Å². The maximum Gasteiger partial charge on any atom is 0.244 e. The molecule has 0 atom stereocenters. The summed E-state index contributed by atoms with van der Waals surface area (Å²) in [4.78, 5) is 13.2. The summed E-state index contributed by atoms with van der Waals surface area (Å²) in [5, 5.41) is 24.4. The largest absolute Gasteiger partial charge is 0.461 e. The van der Waals surface area contributed by atoms with Crippen LogP contribution in [0.2, 0.25) is 0 Å². The third kappa shape index (κ3) is 3.46. The number of rotatable bonds is 5. The molecule has 0 saturated heterocycles. The minimum Gasteiger partial charge on any atom is -0.461 e. The second-order valence-corrected chi connectivity index (χ2v) is 5.85. The van der Waals surface area contributed by atoms with Gasteiger partial charge < -0.3 is 14.8 Å². The molecule has 0 aliphatic carbocycles. The fourth-order valence-electron chi connectivity index (χ4n) is 1.48. The van der Waals surface area contributed by atoms with E-state index >= 15 is 0 Å². The standard InChI is InChI=1S/C13H19N5O3/c1-12(2,13(3,4)20)14-10(19)8-18-16-11(15-17-18)9-6-5-7-21-9/h5-7,20H,8H2,1-4H3,(H,14,19). The number of aliphatic hydroxyl groups is 1. The molecule has 2 N–H and O–H groups in total. The lowest BCUT2D eigenvalue weighted by atomic mass is 9.86. The van der Waals surface area contributed by atoms with Crippen molar-refractivity contribution in [3.63, 3.8) is 0 Å². The lowest BCUT2D eigenvalue weighted by Gasteiger charge is -2.37. The predicted molar refractivity (Wildman–Crippen MR) is 74.0 cm³/mol. The summed E-state index contributed by atoms with van der Waals surface area (Å²) in [6, 6.07) is 3.42. The summed E-state index contributed by atoms with van der Waals surface area (Å²) < 4.78 is 5.15. The highest BCUT2D eigenvalue weighted by molar-refractivity contribution is 5.76. The molecule has 0 spiro atoms. The van der Waals surface area contributed by atoms with Gasteiger partial charge in [-0.05, 0) is 45.0 Å². The van der Waals surface area contributed by atoms with Crippen LogP contribution in [0.3, 0.4) is 0 Å². The number of hydrogen-bond acceptors (Lipinski definition) is 6. The van der Waals surface area contributed by atoms with Crippen molar-refractivity contribution in [2.45, 2.75) is 45.4 Å². The lowest BCUT2D eigenvalue weighted by Crippen LogP contribution is -2.58. The average molecular weight is 293 g/mol. The second-order valence-electron chi connectivity index (χ2n) is 5.85. The molecule has 8 heteroatoms. The predicted octanol–water partition coefficient (Wildman–Crippen LogP) is 0.599. The van der Waals surface area contributed by atoms with Crippen molar-refractivity contribution in [2.24, 2.45) is 0 Å². The Hall–Kier alpha value is -2.22. The van der Waals surface area contributed by atoms with E-state index in [4.69, 9.17) is 4.42 Å². The molecule has 0 saturated carbocycles. The summed E-state index contributed by atoms with van der Waals surface area (Å²) >= 11 is 0. The van der Waals surface area contributed by atoms with Crippen molar-refractivity contribution in [1.29, 1.82) is 0 Å². The van der Waals surface area contributed by atoms with Crippen LogP contribution in [0.4, 0.5) is 0 Å². The van der Waals surface area contributed by atoms with Gasteiger partial charge in [-0.25, -0.2) is 0 Å². The van der Waals surface area contributed by atoms with Crippen LogP contribution in [0.5, 0.6) is 0 Å². The molecule has 2 heterocycles. The fourth-order valence-corrected chi connectivity index (χ4v) is 1.48. The minimum absolute atomic E-state index is 0.0901. The molecule has 0 bridgehead atoms. The quantitative estimate of drug-likeness (QED) is 0.836. The number of tetrazole rings is 1. The van der Waals surface area contributed by atoms with E-state index in [0.29, 0.717) is 11.6 Å². The first kappa shape index (κ1) is 15.2. The molecular weight excluding hydrogens is 274 g/mol. The van der Waals surface area contributed by atoms with Gasteiger partial charge in [0.15, 0.2) is 5.76 Å². The van der Waals surface area contributed by atoms with Crippen LogP contribution in [0.25, 0.3) is 11.6 Å². The third-order valence-electron chi connectivity index (χ3n) is 3.46. The zero-order valence-electron chi connectivity index (χ0n) is 12.5. The first-order chi connectivity index (χ1) is 9.69. The van der Waals surface area contributed by atoms with Crippen LogP contribution < -0.4 is 5.32 Å². The smallest absolute Gasteiger partial charge is 0.244 e. The summed E-state index contributed by atoms with van der Waals surface area (Å²) in [6.07, 6.45) is 1.51. The Morgan fingerprint density at radius 1 is 1.43 bits per heavy atom. The highest BCUT2D eigenvalue weighted by atomic mass is 16.3. The SMILES string of the molecule is CC(C)(O)C(C)(C)NC(=O)Cn1nnc(-c2ccco2)n1. The van der Waals surface area contributed by atoms with Crippen molar-refractivity contribution in [3.8, 4) is 11.6 Å². The van der Waals surface area contributed by atoms with Gasteiger partial charge in [-0.15, -0.1) is 10.2 Å². The van der Waals surface area contributed by atoms with Crippen LogP contribution in [-0.4, -0.2) is 42.4 Å². The van der Waals surface area contributed by atoms with Crippen LogP contribution in [0, 0.1) is 0 Å². The van der Waals surface area contributed by atoms with Crippen LogP contribution in [0.1, 0.15) is 27.7 Å². The molecule has 2 aromatic rings. The van der Waals surface area contributed by atoms with E-state index in [1.807, 2.05) is 0 Å². The monoisotopic (exact) mass is 293 g/mol. The van der Waals surface area contributed by atoms with Crippen molar-refractivity contribution in [3.05, 3.63) is 18.4 Å². The Labute approximate surface area is 122 Å². The van der Waals surface area contributed by atoms with Crippen molar-refractivity contribution < 1.29 is 14.3 Å². The van der Waals surface area contributed by atoms with Gasteiger partial charge in [0.05, 0.1) is 17.4 Å². The number of carbonyl (C=O) groups excluding carboxylic acids is 1. The maximum atomic E-state index is 12.0. The Bertz CT molecular complexity index is 610. The van der Waals surface area contributed by atoms with Gasteiger partial charge in [-0.1, -0.05) is 0 Å². The van der Waals surface area contributed by atoms with Crippen molar-refractivity contribution in [2.75, 3.05) is 0 Å². The Morgan fingerprint density at radius 3 is 2.71 bits per heavy atom. The van der Waals surface area contributed by atoms with Gasteiger partial charge in [0.2, 0.25) is 11.7 Å². The number of nitrogens with zero attached hydrogens (tertiary/aromatic N) is 4. The highest BCUT2D eigenvalue weighted by Crippen LogP contribution is 2.20. The zero-order valence-corrected chi connectivity index (χ0v) is 12.5. The molecule has 21 heavy (non-hydrogen) atoms. The molecular formula is C13H19N5O3. The number of nitrogens with one attached hydrogen (secondary N) is 1. The van der Waals surface area contributed by atoms with E-state index in [0.717, 1.165) is 0 Å². The number of furan rings is 1. The Morgan fingerprint density at radius 2 is 2.14 bits per heavy atom. The topological polar surface area (TPSA) is 106 Å². The molecule has 114 valence electrons. The highest BCUT2D eigenvalue weighted by Gasteiger charge is 2.36. The molecule has 2 aromatic heterocycles. The van der Waals surface area contributed by atoms with E-state index in [9.17, 15) is 9.90 Å². The Kier molecular flexibility index (Phi) is 3.82. The number of aromatic nitrogens is 4. The first-order valence-corrected chi connectivity index (χ1v) is 6.54. The van der Waals surface area contributed by atoms with Gasteiger partial charge in [0, 0.05) is 0 Å². The summed E-state index contributed by atoms with van der Waals surface area (Å²) in [5.41, 5.74) is -1.84. The van der Waals surface area contributed by atoms with Crippen LogP contribution in [0.15, 0.2) is 22.8 Å². The second kappa shape index (κ2) is 5.28. The first-order valence-electron chi connectivity index (χ1n) is 6.54. The number of hydrogen-bond donors (Lipinski definition) is 2. The van der Waals surface area contributed by atoms with E-state index in [2.05, 4.69) is 20.7 Å². The summed E-state index contributed by atoms with van der Waals surface area (Å²) in [6.45, 7) is 6.67. The van der Waals surface area contributed by atoms with Gasteiger partial charge in [0.25, 0.3) is 0 Å². The molecule has 0 aliphatic rings. The van der Waals surface area contributed by atoms with Crippen molar-refractivity contribution >= 4 is 5.91 Å². The van der Waals surface area contributed by atoms with Gasteiger partial charge in [-0.3, -0.25) is 4.79 Å². The maximum absolute atomic E-state index is 12.0. The fraction of sp³-hybridized carbons (Fsp3) is 0.538. The van der Waals surface area contributed by atoms with E-state index in [-0.39, 0.29) is 12.5 Å². The zero-order chi connectivity index (χ0) is 15.7. The summed E-state index contributed by atoms with van der Waals surface area (Å²) in [5.74, 6) is 0.485. The molecule has 2 rings (SSSR count). The molecule has 8 nitrogen and oxygen atoms in total. The molecule has 0 radical (unpaired) electrons. The molecule has 0 unspecified atom stereocenters. The van der Waals surface area contributed by atoms with Crippen molar-refractivity contribution in [1.82, 2.24) is 25.5 Å². The van der Waals surface area contributed by atoms with E-state index in [1.54, 1.807) is 39.8 Å². The van der Waals surface area contributed by atoms with Gasteiger partial charge >= 0.3 is 0 Å². The molecule has 1 amide bonds. The van der Waals surface area contributed by atoms with Crippen LogP contribution in [-0.2, 0) is 11.3 Å². The Balaban J connectivity index is 2.01. The normalized spacial score (nSPS) is 12.4. The average Bonchev–Trinajstić information content (AvgIpc) is 2.95. The minimum atomic E-state index is -1.06. The number of carbonyl (C=O) groups is 1. The van der Waals surface area contributed by atoms with Gasteiger partial charge in [0.1, 0.15) is 6.54 Å². The third-order valence-corrected chi connectivity index (χ3v) is 3.46. The molecule has 0 fully saturated rings. The molecule has 0 aromatic carbocycles. The van der Waals surface area contributed by atoms with Crippen LogP contribution >= 0.6 is 0 Å². The molecule has 0 aliphatic heterocycles. The summed E-state index contributed by atoms with van der Waals surface area (Å²) in [7, 11) is 0.